The van der Waals surface area contributed by atoms with Gasteiger partial charge in [0.15, 0.2) is 11.3 Å². The fourth-order valence-corrected chi connectivity index (χ4v) is 1.92. The Hall–Kier alpha value is -3.15. The molecule has 3 aromatic rings. The Kier molecular flexibility index (Phi) is 3.12. The molecule has 2 aromatic carbocycles. The highest BCUT2D eigenvalue weighted by Gasteiger charge is 2.12. The van der Waals surface area contributed by atoms with Gasteiger partial charge in [0, 0.05) is 12.1 Å². The van der Waals surface area contributed by atoms with E-state index in [1.54, 1.807) is 18.2 Å². The molecule has 1 N–H and O–H groups in total. The summed E-state index contributed by atoms with van der Waals surface area (Å²) in [6.45, 7) is 0. The number of nitro groups is 1. The fourth-order valence-electron chi connectivity index (χ4n) is 1.92. The van der Waals surface area contributed by atoms with Gasteiger partial charge in [-0.3, -0.25) is 10.1 Å². The lowest BCUT2D eigenvalue weighted by Crippen LogP contribution is -1.88. The molecule has 0 spiro atoms. The summed E-state index contributed by atoms with van der Waals surface area (Å²) in [7, 11) is 0. The van der Waals surface area contributed by atoms with Gasteiger partial charge in [0.1, 0.15) is 5.52 Å². The van der Waals surface area contributed by atoms with E-state index in [0.29, 0.717) is 17.0 Å². The van der Waals surface area contributed by atoms with E-state index in [0.717, 1.165) is 5.52 Å². The van der Waals surface area contributed by atoms with Crippen molar-refractivity contribution in [3.63, 3.8) is 0 Å². The minimum absolute atomic E-state index is 0.338. The van der Waals surface area contributed by atoms with Crippen molar-refractivity contribution in [3.8, 4) is 5.75 Å². The Morgan fingerprint density at radius 2 is 2.00 bits per heavy atom. The van der Waals surface area contributed by atoms with Gasteiger partial charge in [-0.2, -0.15) is 0 Å². The molecule has 0 aliphatic heterocycles. The topological polar surface area (TPSA) is 89.4 Å². The number of oxazole rings is 1. The third-order valence-electron chi connectivity index (χ3n) is 2.92. The first-order valence-electron chi connectivity index (χ1n) is 6.14. The molecule has 0 bridgehead atoms. The van der Waals surface area contributed by atoms with Crippen LogP contribution in [0, 0.1) is 10.1 Å². The number of hydrogen-bond acceptors (Lipinski definition) is 5. The van der Waals surface area contributed by atoms with Crippen molar-refractivity contribution in [2.45, 2.75) is 0 Å². The minimum atomic E-state index is -0.633. The number of aromatic nitrogens is 1. The summed E-state index contributed by atoms with van der Waals surface area (Å²) in [5.74, 6) is 0.0472. The van der Waals surface area contributed by atoms with Crippen LogP contribution < -0.4 is 0 Å². The van der Waals surface area contributed by atoms with Crippen LogP contribution >= 0.6 is 0 Å². The highest BCUT2D eigenvalue weighted by Crippen LogP contribution is 2.27. The molecular weight excluding hydrogens is 272 g/mol. The van der Waals surface area contributed by atoms with Gasteiger partial charge < -0.3 is 9.52 Å². The Labute approximate surface area is 119 Å². The van der Waals surface area contributed by atoms with Gasteiger partial charge in [-0.05, 0) is 29.8 Å². The summed E-state index contributed by atoms with van der Waals surface area (Å²) in [4.78, 5) is 14.4. The summed E-state index contributed by atoms with van der Waals surface area (Å²) >= 11 is 0. The standard InChI is InChI=1S/C15H10N2O4/c18-13-7-5-10(9-12(13)17(19)20)6-8-15-16-11-3-1-2-4-14(11)21-15/h1-9,18H. The fraction of sp³-hybridized carbons (Fsp3) is 0. The highest BCUT2D eigenvalue weighted by atomic mass is 16.6. The van der Waals surface area contributed by atoms with E-state index in [4.69, 9.17) is 4.42 Å². The number of phenols is 1. The zero-order chi connectivity index (χ0) is 14.8. The summed E-state index contributed by atoms with van der Waals surface area (Å²) < 4.78 is 5.51. The summed E-state index contributed by atoms with van der Waals surface area (Å²) in [6.07, 6.45) is 3.26. The number of phenolic OH excluding ortho intramolecular Hbond substituents is 1. The van der Waals surface area contributed by atoms with Crippen molar-refractivity contribution in [2.75, 3.05) is 0 Å². The van der Waals surface area contributed by atoms with Crippen LogP contribution in [0.25, 0.3) is 23.3 Å². The van der Waals surface area contributed by atoms with Crippen LogP contribution in [0.1, 0.15) is 11.5 Å². The molecule has 1 heterocycles. The van der Waals surface area contributed by atoms with Gasteiger partial charge in [0.2, 0.25) is 5.89 Å². The van der Waals surface area contributed by atoms with Crippen LogP contribution in [-0.2, 0) is 0 Å². The molecule has 0 fully saturated rings. The lowest BCUT2D eigenvalue weighted by atomic mass is 10.2. The molecular formula is C15H10N2O4. The van der Waals surface area contributed by atoms with E-state index in [2.05, 4.69) is 4.98 Å². The van der Waals surface area contributed by atoms with E-state index in [9.17, 15) is 15.2 Å². The number of benzene rings is 2. The molecule has 0 radical (unpaired) electrons. The SMILES string of the molecule is O=[N+]([O-])c1cc(C=Cc2nc3ccccc3o2)ccc1O. The van der Waals surface area contributed by atoms with Crippen LogP contribution in [0.4, 0.5) is 5.69 Å². The van der Waals surface area contributed by atoms with E-state index in [1.807, 2.05) is 24.3 Å². The second-order valence-electron chi connectivity index (χ2n) is 4.36. The lowest BCUT2D eigenvalue weighted by Gasteiger charge is -1.97. The molecule has 0 aliphatic rings. The monoisotopic (exact) mass is 282 g/mol. The third-order valence-corrected chi connectivity index (χ3v) is 2.92. The highest BCUT2D eigenvalue weighted by molar-refractivity contribution is 5.76. The average Bonchev–Trinajstić information content (AvgIpc) is 2.89. The number of fused-ring (bicyclic) bond motifs is 1. The Morgan fingerprint density at radius 1 is 1.19 bits per heavy atom. The largest absolute Gasteiger partial charge is 0.502 e. The minimum Gasteiger partial charge on any atom is -0.502 e. The maximum Gasteiger partial charge on any atom is 0.311 e. The maximum atomic E-state index is 10.8. The van der Waals surface area contributed by atoms with Gasteiger partial charge in [0.05, 0.1) is 4.92 Å². The lowest BCUT2D eigenvalue weighted by molar-refractivity contribution is -0.385. The second-order valence-corrected chi connectivity index (χ2v) is 4.36. The molecule has 6 nitrogen and oxygen atoms in total. The van der Waals surface area contributed by atoms with Crippen molar-refractivity contribution in [1.29, 1.82) is 0 Å². The number of nitro benzene ring substituents is 1. The second kappa shape index (κ2) is 5.09. The van der Waals surface area contributed by atoms with Gasteiger partial charge in [0.25, 0.3) is 0 Å². The molecule has 0 saturated heterocycles. The molecule has 0 unspecified atom stereocenters. The number of rotatable bonds is 3. The van der Waals surface area contributed by atoms with E-state index < -0.39 is 4.92 Å². The zero-order valence-electron chi connectivity index (χ0n) is 10.8. The van der Waals surface area contributed by atoms with Crippen LogP contribution in [0.3, 0.4) is 0 Å². The first kappa shape index (κ1) is 12.9. The molecule has 1 aromatic heterocycles. The number of aromatic hydroxyl groups is 1. The number of hydrogen-bond donors (Lipinski definition) is 1. The first-order chi connectivity index (χ1) is 10.1. The van der Waals surface area contributed by atoms with Gasteiger partial charge in [-0.15, -0.1) is 0 Å². The van der Waals surface area contributed by atoms with Crippen molar-refractivity contribution in [1.82, 2.24) is 4.98 Å². The quantitative estimate of drug-likeness (QED) is 0.585. The molecule has 0 atom stereocenters. The number of para-hydroxylation sites is 2. The molecule has 0 aliphatic carbocycles. The van der Waals surface area contributed by atoms with Crippen molar-refractivity contribution in [2.24, 2.45) is 0 Å². The van der Waals surface area contributed by atoms with Crippen molar-refractivity contribution >= 4 is 28.9 Å². The summed E-state index contributed by atoms with van der Waals surface area (Å²) in [5, 5.41) is 20.1. The van der Waals surface area contributed by atoms with Crippen LogP contribution in [0.5, 0.6) is 5.75 Å². The molecule has 0 saturated carbocycles. The van der Waals surface area contributed by atoms with E-state index >= 15 is 0 Å². The van der Waals surface area contributed by atoms with Crippen molar-refractivity contribution < 1.29 is 14.4 Å². The third kappa shape index (κ3) is 2.59. The van der Waals surface area contributed by atoms with Gasteiger partial charge in [-0.25, -0.2) is 4.98 Å². The Morgan fingerprint density at radius 3 is 2.76 bits per heavy atom. The van der Waals surface area contributed by atoms with Crippen molar-refractivity contribution in [3.05, 3.63) is 64.0 Å². The normalized spacial score (nSPS) is 11.2. The average molecular weight is 282 g/mol. The van der Waals surface area contributed by atoms with Gasteiger partial charge in [-0.1, -0.05) is 18.2 Å². The maximum absolute atomic E-state index is 10.8. The molecule has 3 rings (SSSR count). The summed E-state index contributed by atoms with van der Waals surface area (Å²) in [6, 6.07) is 11.5. The molecule has 104 valence electrons. The van der Waals surface area contributed by atoms with E-state index in [1.165, 1.54) is 12.1 Å². The first-order valence-corrected chi connectivity index (χ1v) is 6.14. The van der Waals surface area contributed by atoms with Crippen LogP contribution in [0.2, 0.25) is 0 Å². The van der Waals surface area contributed by atoms with Crippen LogP contribution in [-0.4, -0.2) is 15.0 Å². The summed E-state index contributed by atoms with van der Waals surface area (Å²) in [5.41, 5.74) is 1.65. The zero-order valence-corrected chi connectivity index (χ0v) is 10.8. The Bertz CT molecular complexity index is 819. The smallest absolute Gasteiger partial charge is 0.311 e. The Balaban J connectivity index is 1.92. The molecule has 6 heteroatoms. The predicted molar refractivity (Wildman–Crippen MR) is 77.7 cm³/mol. The van der Waals surface area contributed by atoms with Gasteiger partial charge >= 0.3 is 5.69 Å². The van der Waals surface area contributed by atoms with E-state index in [-0.39, 0.29) is 11.4 Å². The molecule has 21 heavy (non-hydrogen) atoms. The predicted octanol–water partition coefficient (Wildman–Crippen LogP) is 3.61. The number of nitrogens with zero attached hydrogens (tertiary/aromatic N) is 2. The van der Waals surface area contributed by atoms with Crippen LogP contribution in [0.15, 0.2) is 46.9 Å². The molecule has 0 amide bonds.